The second-order valence-electron chi connectivity index (χ2n) is 5.67. The number of carbonyl (C=O) groups is 3. The quantitative estimate of drug-likeness (QED) is 0.836. The SMILES string of the molecule is COC(=O)NC1=C(c2cccc(C(=O)OC)c2)C(=O)C(c2ccccc2)O1. The maximum absolute atomic E-state index is 13.0. The van der Waals surface area contributed by atoms with E-state index < -0.39 is 18.2 Å². The first kappa shape index (κ1) is 18.2. The van der Waals surface area contributed by atoms with Crippen LogP contribution in [0.25, 0.3) is 5.57 Å². The van der Waals surface area contributed by atoms with Gasteiger partial charge in [0.05, 0.1) is 25.4 Å². The molecule has 0 spiro atoms. The van der Waals surface area contributed by atoms with Gasteiger partial charge < -0.3 is 14.2 Å². The average Bonchev–Trinajstić information content (AvgIpc) is 3.03. The summed E-state index contributed by atoms with van der Waals surface area (Å²) in [7, 11) is 2.48. The van der Waals surface area contributed by atoms with E-state index in [1.54, 1.807) is 42.5 Å². The Labute approximate surface area is 155 Å². The molecule has 0 fully saturated rings. The lowest BCUT2D eigenvalue weighted by atomic mass is 9.96. The van der Waals surface area contributed by atoms with Crippen LogP contribution < -0.4 is 5.32 Å². The normalized spacial score (nSPS) is 15.9. The van der Waals surface area contributed by atoms with Gasteiger partial charge in [0.15, 0.2) is 6.10 Å². The third-order valence-corrected chi connectivity index (χ3v) is 4.02. The zero-order chi connectivity index (χ0) is 19.4. The molecule has 2 aromatic rings. The average molecular weight is 367 g/mol. The molecule has 0 aliphatic carbocycles. The number of rotatable bonds is 4. The minimum absolute atomic E-state index is 0.0253. The van der Waals surface area contributed by atoms with Gasteiger partial charge in [-0.05, 0) is 17.7 Å². The molecule has 1 N–H and O–H groups in total. The molecule has 1 atom stereocenters. The van der Waals surface area contributed by atoms with Crippen molar-refractivity contribution >= 4 is 23.4 Å². The molecule has 0 saturated carbocycles. The lowest BCUT2D eigenvalue weighted by molar-refractivity contribution is -0.120. The third-order valence-electron chi connectivity index (χ3n) is 4.02. The number of nitrogens with one attached hydrogen (secondary N) is 1. The van der Waals surface area contributed by atoms with E-state index in [0.717, 1.165) is 0 Å². The topological polar surface area (TPSA) is 90.9 Å². The van der Waals surface area contributed by atoms with Crippen LogP contribution in [-0.4, -0.2) is 32.1 Å². The molecular formula is C20H17NO6. The standard InChI is InChI=1S/C20H17NO6/c1-25-19(23)14-10-6-9-13(11-14)15-16(22)17(12-7-4-3-5-8-12)27-18(15)21-20(24)26-2/h3-11,17H,1-2H3,(H,21,24). The Morgan fingerprint density at radius 1 is 1.00 bits per heavy atom. The van der Waals surface area contributed by atoms with E-state index in [0.29, 0.717) is 11.1 Å². The van der Waals surface area contributed by atoms with Gasteiger partial charge in [-0.1, -0.05) is 42.5 Å². The molecule has 1 aliphatic heterocycles. The molecule has 0 radical (unpaired) electrons. The Morgan fingerprint density at radius 3 is 2.41 bits per heavy atom. The van der Waals surface area contributed by atoms with Crippen molar-refractivity contribution in [2.45, 2.75) is 6.10 Å². The number of Topliss-reactive ketones (excluding diaryl/α,β-unsaturated/α-hetero) is 1. The predicted molar refractivity (Wildman–Crippen MR) is 95.5 cm³/mol. The van der Waals surface area contributed by atoms with Crippen LogP contribution >= 0.6 is 0 Å². The van der Waals surface area contributed by atoms with Gasteiger partial charge in [0.2, 0.25) is 11.7 Å². The van der Waals surface area contributed by atoms with Crippen LogP contribution in [0.15, 0.2) is 60.5 Å². The number of carbonyl (C=O) groups excluding carboxylic acids is 3. The highest BCUT2D eigenvalue weighted by molar-refractivity contribution is 6.25. The van der Waals surface area contributed by atoms with Crippen molar-refractivity contribution in [3.05, 3.63) is 77.2 Å². The van der Waals surface area contributed by atoms with E-state index in [2.05, 4.69) is 10.1 Å². The van der Waals surface area contributed by atoms with E-state index in [9.17, 15) is 14.4 Å². The molecule has 1 amide bonds. The lowest BCUT2D eigenvalue weighted by Gasteiger charge is -2.11. The summed E-state index contributed by atoms with van der Waals surface area (Å²) in [5.41, 5.74) is 1.49. The molecule has 0 bridgehead atoms. The van der Waals surface area contributed by atoms with E-state index in [-0.39, 0.29) is 22.8 Å². The van der Waals surface area contributed by atoms with Crippen molar-refractivity contribution in [1.82, 2.24) is 5.32 Å². The summed E-state index contributed by atoms with van der Waals surface area (Å²) in [4.78, 5) is 36.5. The fourth-order valence-electron chi connectivity index (χ4n) is 2.75. The second-order valence-corrected chi connectivity index (χ2v) is 5.67. The molecule has 0 aromatic heterocycles. The number of alkyl carbamates (subject to hydrolysis) is 1. The van der Waals surface area contributed by atoms with Gasteiger partial charge in [-0.25, -0.2) is 9.59 Å². The molecule has 7 heteroatoms. The summed E-state index contributed by atoms with van der Waals surface area (Å²) < 4.78 is 15.0. The minimum atomic E-state index is -0.907. The number of hydrogen-bond donors (Lipinski definition) is 1. The summed E-state index contributed by atoms with van der Waals surface area (Å²) in [5, 5.41) is 2.43. The molecule has 3 rings (SSSR count). The predicted octanol–water partition coefficient (Wildman–Crippen LogP) is 2.84. The Balaban J connectivity index is 2.04. The van der Waals surface area contributed by atoms with Crippen LogP contribution in [0.3, 0.4) is 0 Å². The molecule has 138 valence electrons. The highest BCUT2D eigenvalue weighted by Gasteiger charge is 2.38. The molecule has 1 heterocycles. The van der Waals surface area contributed by atoms with Crippen molar-refractivity contribution in [3.63, 3.8) is 0 Å². The summed E-state index contributed by atoms with van der Waals surface area (Å²) in [5.74, 6) is -0.900. The van der Waals surface area contributed by atoms with E-state index in [1.165, 1.54) is 20.3 Å². The monoisotopic (exact) mass is 367 g/mol. The highest BCUT2D eigenvalue weighted by atomic mass is 16.6. The smallest absolute Gasteiger partial charge is 0.413 e. The second kappa shape index (κ2) is 7.74. The summed E-state index contributed by atoms with van der Waals surface area (Å²) >= 11 is 0. The number of esters is 1. The largest absolute Gasteiger partial charge is 0.465 e. The van der Waals surface area contributed by atoms with Gasteiger partial charge in [0.25, 0.3) is 0 Å². The summed E-state index contributed by atoms with van der Waals surface area (Å²) in [6, 6.07) is 15.3. The Hall–Kier alpha value is -3.61. The number of ether oxygens (including phenoxy) is 3. The van der Waals surface area contributed by atoms with E-state index >= 15 is 0 Å². The van der Waals surface area contributed by atoms with Gasteiger partial charge in [0, 0.05) is 5.56 Å². The van der Waals surface area contributed by atoms with Crippen molar-refractivity contribution in [1.29, 1.82) is 0 Å². The highest BCUT2D eigenvalue weighted by Crippen LogP contribution is 2.37. The van der Waals surface area contributed by atoms with E-state index in [4.69, 9.17) is 9.47 Å². The zero-order valence-electron chi connectivity index (χ0n) is 14.7. The molecule has 2 aromatic carbocycles. The maximum Gasteiger partial charge on any atom is 0.413 e. The molecule has 7 nitrogen and oxygen atoms in total. The lowest BCUT2D eigenvalue weighted by Crippen LogP contribution is -2.23. The van der Waals surface area contributed by atoms with Crippen LogP contribution in [-0.2, 0) is 19.0 Å². The number of methoxy groups -OCH3 is 2. The van der Waals surface area contributed by atoms with E-state index in [1.807, 2.05) is 6.07 Å². The minimum Gasteiger partial charge on any atom is -0.465 e. The number of benzene rings is 2. The fourth-order valence-corrected chi connectivity index (χ4v) is 2.75. The number of amides is 1. The number of ketones is 1. The van der Waals surface area contributed by atoms with Gasteiger partial charge in [-0.15, -0.1) is 0 Å². The van der Waals surface area contributed by atoms with Crippen LogP contribution in [0.2, 0.25) is 0 Å². The molecule has 0 saturated heterocycles. The fraction of sp³-hybridized carbons (Fsp3) is 0.150. The van der Waals surface area contributed by atoms with Crippen LogP contribution in [0.1, 0.15) is 27.6 Å². The van der Waals surface area contributed by atoms with Crippen LogP contribution in [0.4, 0.5) is 4.79 Å². The van der Waals surface area contributed by atoms with Gasteiger partial charge >= 0.3 is 12.1 Å². The van der Waals surface area contributed by atoms with Crippen molar-refractivity contribution in [3.8, 4) is 0 Å². The first-order valence-corrected chi connectivity index (χ1v) is 8.09. The Bertz CT molecular complexity index is 919. The summed E-state index contributed by atoms with van der Waals surface area (Å²) in [6.07, 6.45) is -1.68. The maximum atomic E-state index is 13.0. The summed E-state index contributed by atoms with van der Waals surface area (Å²) in [6.45, 7) is 0. The molecule has 27 heavy (non-hydrogen) atoms. The van der Waals surface area contributed by atoms with Gasteiger partial charge in [-0.2, -0.15) is 0 Å². The Kier molecular flexibility index (Phi) is 5.21. The van der Waals surface area contributed by atoms with Gasteiger partial charge in [-0.3, -0.25) is 10.1 Å². The van der Waals surface area contributed by atoms with Gasteiger partial charge in [0.1, 0.15) is 0 Å². The van der Waals surface area contributed by atoms with Crippen molar-refractivity contribution < 1.29 is 28.6 Å². The first-order chi connectivity index (χ1) is 13.0. The Morgan fingerprint density at radius 2 is 1.74 bits per heavy atom. The van der Waals surface area contributed by atoms with Crippen molar-refractivity contribution in [2.24, 2.45) is 0 Å². The number of hydrogen-bond acceptors (Lipinski definition) is 6. The van der Waals surface area contributed by atoms with Crippen LogP contribution in [0, 0.1) is 0 Å². The first-order valence-electron chi connectivity index (χ1n) is 8.09. The zero-order valence-corrected chi connectivity index (χ0v) is 14.7. The molecule has 1 unspecified atom stereocenters. The van der Waals surface area contributed by atoms with Crippen LogP contribution in [0.5, 0.6) is 0 Å². The molecule has 1 aliphatic rings. The van der Waals surface area contributed by atoms with Crippen molar-refractivity contribution in [2.75, 3.05) is 14.2 Å². The molecular weight excluding hydrogens is 350 g/mol. The third kappa shape index (κ3) is 3.67.